The van der Waals surface area contributed by atoms with Crippen molar-refractivity contribution in [2.24, 2.45) is 10.7 Å². The van der Waals surface area contributed by atoms with Crippen molar-refractivity contribution < 1.29 is 13.2 Å². The van der Waals surface area contributed by atoms with Gasteiger partial charge in [0.1, 0.15) is 0 Å². The van der Waals surface area contributed by atoms with Gasteiger partial charge in [-0.15, -0.1) is 0 Å². The Morgan fingerprint density at radius 2 is 2.07 bits per heavy atom. The summed E-state index contributed by atoms with van der Waals surface area (Å²) in [6.45, 7) is 1.76. The molecule has 5 heteroatoms. The molecule has 0 unspecified atom stereocenters. The maximum atomic E-state index is 12.3. The van der Waals surface area contributed by atoms with E-state index in [1.165, 1.54) is 6.07 Å². The zero-order chi connectivity index (χ0) is 11.5. The molecule has 82 valence electrons. The fourth-order valence-corrected chi connectivity index (χ4v) is 1.06. The Morgan fingerprint density at radius 1 is 1.40 bits per heavy atom. The van der Waals surface area contributed by atoms with E-state index in [1.54, 1.807) is 13.0 Å². The zero-order valence-electron chi connectivity index (χ0n) is 8.17. The number of hydrogen-bond donors (Lipinski definition) is 1. The van der Waals surface area contributed by atoms with Crippen LogP contribution in [0.15, 0.2) is 29.3 Å². The molecule has 0 aliphatic rings. The fraction of sp³-hybridized carbons (Fsp3) is 0.300. The number of rotatable bonds is 2. The van der Waals surface area contributed by atoms with Crippen LogP contribution in [0.25, 0.3) is 0 Å². The van der Waals surface area contributed by atoms with E-state index in [0.717, 1.165) is 12.1 Å². The molecule has 0 atom stereocenters. The molecule has 0 aliphatic carbocycles. The summed E-state index contributed by atoms with van der Waals surface area (Å²) < 4.78 is 36.9. The van der Waals surface area contributed by atoms with Crippen molar-refractivity contribution in [2.45, 2.75) is 19.6 Å². The van der Waals surface area contributed by atoms with Crippen LogP contribution >= 0.6 is 0 Å². The molecule has 2 N–H and O–H groups in total. The molecule has 0 radical (unpaired) electrons. The van der Waals surface area contributed by atoms with Gasteiger partial charge in [0.05, 0.1) is 17.9 Å². The first kappa shape index (κ1) is 11.6. The van der Waals surface area contributed by atoms with Crippen molar-refractivity contribution >= 4 is 5.84 Å². The third-order valence-electron chi connectivity index (χ3n) is 1.77. The molecule has 0 saturated carbocycles. The lowest BCUT2D eigenvalue weighted by molar-refractivity contribution is -0.137. The van der Waals surface area contributed by atoms with Crippen molar-refractivity contribution in [1.29, 1.82) is 0 Å². The molecule has 0 saturated heterocycles. The monoisotopic (exact) mass is 216 g/mol. The number of amidine groups is 1. The van der Waals surface area contributed by atoms with Crippen LogP contribution in [0.2, 0.25) is 0 Å². The second kappa shape index (κ2) is 4.33. The normalized spacial score (nSPS) is 12.9. The summed E-state index contributed by atoms with van der Waals surface area (Å²) in [5.41, 5.74) is 5.12. The average molecular weight is 216 g/mol. The van der Waals surface area contributed by atoms with Gasteiger partial charge in [0.25, 0.3) is 0 Å². The van der Waals surface area contributed by atoms with Crippen molar-refractivity contribution in [1.82, 2.24) is 0 Å². The molecule has 0 bridgehead atoms. The van der Waals surface area contributed by atoms with Crippen LogP contribution in [-0.4, -0.2) is 5.84 Å². The van der Waals surface area contributed by atoms with E-state index in [0.29, 0.717) is 11.4 Å². The van der Waals surface area contributed by atoms with Gasteiger partial charge in [-0.2, -0.15) is 13.2 Å². The third kappa shape index (κ3) is 3.61. The highest BCUT2D eigenvalue weighted by molar-refractivity contribution is 5.77. The molecule has 1 rings (SSSR count). The number of alkyl halides is 3. The summed E-state index contributed by atoms with van der Waals surface area (Å²) in [7, 11) is 0. The van der Waals surface area contributed by atoms with Gasteiger partial charge in [-0.1, -0.05) is 12.1 Å². The van der Waals surface area contributed by atoms with E-state index in [2.05, 4.69) is 4.99 Å². The molecule has 2 nitrogen and oxygen atoms in total. The summed E-state index contributed by atoms with van der Waals surface area (Å²) in [5, 5.41) is 0. The first-order chi connectivity index (χ1) is 6.89. The van der Waals surface area contributed by atoms with Crippen molar-refractivity contribution in [3.8, 4) is 0 Å². The molecular formula is C10H11F3N2. The lowest BCUT2D eigenvalue weighted by atomic mass is 10.1. The Bertz CT molecular complexity index is 365. The number of nitrogens with two attached hydrogens (primary N) is 1. The van der Waals surface area contributed by atoms with E-state index in [9.17, 15) is 13.2 Å². The minimum Gasteiger partial charge on any atom is -0.388 e. The lowest BCUT2D eigenvalue weighted by Crippen LogP contribution is -2.07. The Hall–Kier alpha value is -1.52. The Kier molecular flexibility index (Phi) is 3.34. The Balaban J connectivity index is 2.89. The second-order valence-electron chi connectivity index (χ2n) is 3.16. The molecule has 0 spiro atoms. The largest absolute Gasteiger partial charge is 0.416 e. The third-order valence-corrected chi connectivity index (χ3v) is 1.77. The molecule has 0 fully saturated rings. The van der Waals surface area contributed by atoms with Crippen LogP contribution in [0.3, 0.4) is 0 Å². The molecule has 1 aromatic rings. The van der Waals surface area contributed by atoms with Gasteiger partial charge in [-0.25, -0.2) is 0 Å². The number of nitrogens with zero attached hydrogens (tertiary/aromatic N) is 1. The van der Waals surface area contributed by atoms with Gasteiger partial charge in [0.2, 0.25) is 0 Å². The highest BCUT2D eigenvalue weighted by Gasteiger charge is 2.30. The number of benzene rings is 1. The number of halogens is 3. The summed E-state index contributed by atoms with van der Waals surface area (Å²) in [5.74, 6) is 0.354. The SMILES string of the molecule is CC(N)=NCc1cccc(C(F)(F)F)c1. The average Bonchev–Trinajstić information content (AvgIpc) is 2.14. The maximum absolute atomic E-state index is 12.3. The minimum absolute atomic E-state index is 0.173. The fourth-order valence-electron chi connectivity index (χ4n) is 1.06. The predicted molar refractivity (Wildman–Crippen MR) is 52.4 cm³/mol. The molecular weight excluding hydrogens is 205 g/mol. The minimum atomic E-state index is -4.31. The zero-order valence-corrected chi connectivity index (χ0v) is 8.17. The highest BCUT2D eigenvalue weighted by Crippen LogP contribution is 2.29. The first-order valence-corrected chi connectivity index (χ1v) is 4.32. The quantitative estimate of drug-likeness (QED) is 0.598. The topological polar surface area (TPSA) is 38.4 Å². The molecule has 1 aromatic carbocycles. The first-order valence-electron chi connectivity index (χ1n) is 4.32. The molecule has 0 aliphatic heterocycles. The molecule has 0 heterocycles. The number of aliphatic imine (C=N–C) groups is 1. The summed E-state index contributed by atoms with van der Waals surface area (Å²) in [6.07, 6.45) is -4.31. The van der Waals surface area contributed by atoms with E-state index in [4.69, 9.17) is 5.73 Å². The highest BCUT2D eigenvalue weighted by atomic mass is 19.4. The summed E-state index contributed by atoms with van der Waals surface area (Å²) in [6, 6.07) is 5.05. The van der Waals surface area contributed by atoms with E-state index in [-0.39, 0.29) is 6.54 Å². The predicted octanol–water partition coefficient (Wildman–Crippen LogP) is 2.58. The number of hydrogen-bond acceptors (Lipinski definition) is 1. The van der Waals surface area contributed by atoms with Crippen molar-refractivity contribution in [3.63, 3.8) is 0 Å². The van der Waals surface area contributed by atoms with Gasteiger partial charge in [-0.3, -0.25) is 4.99 Å². The van der Waals surface area contributed by atoms with Crippen LogP contribution in [0.4, 0.5) is 13.2 Å². The van der Waals surface area contributed by atoms with Gasteiger partial charge in [0.15, 0.2) is 0 Å². The smallest absolute Gasteiger partial charge is 0.388 e. The van der Waals surface area contributed by atoms with Gasteiger partial charge >= 0.3 is 6.18 Å². The Labute approximate surface area is 85.6 Å². The molecule has 15 heavy (non-hydrogen) atoms. The van der Waals surface area contributed by atoms with Gasteiger partial charge in [0, 0.05) is 0 Å². The van der Waals surface area contributed by atoms with E-state index < -0.39 is 11.7 Å². The van der Waals surface area contributed by atoms with Crippen molar-refractivity contribution in [3.05, 3.63) is 35.4 Å². The maximum Gasteiger partial charge on any atom is 0.416 e. The van der Waals surface area contributed by atoms with Gasteiger partial charge in [-0.05, 0) is 24.6 Å². The summed E-state index contributed by atoms with van der Waals surface area (Å²) >= 11 is 0. The van der Waals surface area contributed by atoms with Crippen LogP contribution in [0.5, 0.6) is 0 Å². The second-order valence-corrected chi connectivity index (χ2v) is 3.16. The molecule has 0 amide bonds. The standard InChI is InChI=1S/C10H11F3N2/c1-7(14)15-6-8-3-2-4-9(5-8)10(11,12)13/h2-5H,6H2,1H3,(H2,14,15). The van der Waals surface area contributed by atoms with Crippen LogP contribution in [0.1, 0.15) is 18.1 Å². The van der Waals surface area contributed by atoms with Crippen LogP contribution < -0.4 is 5.73 Å². The van der Waals surface area contributed by atoms with Crippen LogP contribution in [-0.2, 0) is 12.7 Å². The summed E-state index contributed by atoms with van der Waals surface area (Å²) in [4.78, 5) is 3.85. The Morgan fingerprint density at radius 3 is 2.60 bits per heavy atom. The van der Waals surface area contributed by atoms with E-state index in [1.807, 2.05) is 0 Å². The van der Waals surface area contributed by atoms with Crippen molar-refractivity contribution in [2.75, 3.05) is 0 Å². The molecule has 0 aromatic heterocycles. The van der Waals surface area contributed by atoms with Crippen LogP contribution in [0, 0.1) is 0 Å². The lowest BCUT2D eigenvalue weighted by Gasteiger charge is -2.07. The van der Waals surface area contributed by atoms with E-state index >= 15 is 0 Å². The van der Waals surface area contributed by atoms with Gasteiger partial charge < -0.3 is 5.73 Å².